The number of fused-ring (bicyclic) bond motifs is 2. The molecule has 0 spiro atoms. The number of H-pyrrole nitrogens is 1. The van der Waals surface area contributed by atoms with Crippen LogP contribution in [0.4, 0.5) is 0 Å². The van der Waals surface area contributed by atoms with Crippen molar-refractivity contribution in [1.82, 2.24) is 34.8 Å². The average molecular weight is 518 g/mol. The van der Waals surface area contributed by atoms with Crippen molar-refractivity contribution in [1.29, 1.82) is 0 Å². The minimum atomic E-state index is 0.299. The van der Waals surface area contributed by atoms with E-state index < -0.39 is 0 Å². The largest absolute Gasteiger partial charge is 0.354 e. The van der Waals surface area contributed by atoms with E-state index in [1.165, 1.54) is 16.5 Å². The molecule has 2 saturated heterocycles. The maximum absolute atomic E-state index is 12.9. The predicted molar refractivity (Wildman–Crippen MR) is 149 cm³/mol. The lowest BCUT2D eigenvalue weighted by atomic mass is 9.87. The van der Waals surface area contributed by atoms with Crippen LogP contribution in [0.5, 0.6) is 0 Å². The second-order valence-corrected chi connectivity index (χ2v) is 12.0. The minimum absolute atomic E-state index is 0.299. The van der Waals surface area contributed by atoms with E-state index in [1.807, 2.05) is 24.9 Å². The van der Waals surface area contributed by atoms with E-state index in [1.54, 1.807) is 4.52 Å². The van der Waals surface area contributed by atoms with E-state index >= 15 is 0 Å². The molecule has 2 fully saturated rings. The molecule has 0 atom stereocenters. The molecule has 3 aromatic heterocycles. The summed E-state index contributed by atoms with van der Waals surface area (Å²) in [5.74, 6) is 3.42. The van der Waals surface area contributed by atoms with Crippen LogP contribution >= 0.6 is 11.8 Å². The molecule has 1 aromatic carbocycles. The highest BCUT2D eigenvalue weighted by Gasteiger charge is 2.26. The Bertz CT molecular complexity index is 1430. The van der Waals surface area contributed by atoms with Gasteiger partial charge in [0, 0.05) is 60.3 Å². The fraction of sp³-hybridized carbons (Fsp3) is 0.500. The molecule has 37 heavy (non-hydrogen) atoms. The van der Waals surface area contributed by atoms with E-state index in [2.05, 4.69) is 68.4 Å². The zero-order chi connectivity index (χ0) is 25.5. The van der Waals surface area contributed by atoms with Gasteiger partial charge in [-0.15, -0.1) is 5.10 Å². The Morgan fingerprint density at radius 1 is 1.14 bits per heavy atom. The fourth-order valence-corrected chi connectivity index (χ4v) is 6.95. The van der Waals surface area contributed by atoms with Gasteiger partial charge in [-0.3, -0.25) is 9.69 Å². The lowest BCUT2D eigenvalue weighted by Crippen LogP contribution is -2.45. The SMILES string of the molecule is Cc1cc(-c2[nH]c3ccc(C4CCN(C(=O)CN5CCSCC5)CC4)cc3c2C(C)C)cn2nnnc12. The molecule has 2 aliphatic heterocycles. The highest BCUT2D eigenvalue weighted by Crippen LogP contribution is 2.38. The first-order valence-corrected chi connectivity index (χ1v) is 14.6. The number of rotatable bonds is 5. The molecule has 1 amide bonds. The summed E-state index contributed by atoms with van der Waals surface area (Å²) < 4.78 is 1.75. The van der Waals surface area contributed by atoms with Crippen molar-refractivity contribution in [2.45, 2.75) is 45.4 Å². The second kappa shape index (κ2) is 10.1. The van der Waals surface area contributed by atoms with Crippen LogP contribution in [0.25, 0.3) is 27.8 Å². The average Bonchev–Trinajstić information content (AvgIpc) is 3.54. The van der Waals surface area contributed by atoms with Crippen LogP contribution in [0.3, 0.4) is 0 Å². The summed E-state index contributed by atoms with van der Waals surface area (Å²) >= 11 is 1.99. The molecule has 6 rings (SSSR count). The number of nitrogens with one attached hydrogen (secondary N) is 1. The number of amides is 1. The highest BCUT2D eigenvalue weighted by atomic mass is 32.2. The van der Waals surface area contributed by atoms with E-state index in [0.29, 0.717) is 24.3 Å². The third-order valence-electron chi connectivity index (χ3n) is 7.99. The Labute approximate surface area is 221 Å². The van der Waals surface area contributed by atoms with E-state index in [-0.39, 0.29) is 0 Å². The zero-order valence-electron chi connectivity index (χ0n) is 21.9. The number of hydrogen-bond donors (Lipinski definition) is 1. The van der Waals surface area contributed by atoms with Crippen LogP contribution in [0.1, 0.15) is 55.2 Å². The topological polar surface area (TPSA) is 82.4 Å². The predicted octanol–water partition coefficient (Wildman–Crippen LogP) is 4.46. The molecule has 1 N–H and O–H groups in total. The highest BCUT2D eigenvalue weighted by molar-refractivity contribution is 7.99. The molecule has 0 saturated carbocycles. The van der Waals surface area contributed by atoms with Crippen molar-refractivity contribution < 1.29 is 4.79 Å². The molecule has 0 radical (unpaired) electrons. The van der Waals surface area contributed by atoms with Gasteiger partial charge < -0.3 is 9.88 Å². The number of aromatic amines is 1. The summed E-state index contributed by atoms with van der Waals surface area (Å²) in [5.41, 5.74) is 7.94. The lowest BCUT2D eigenvalue weighted by molar-refractivity contribution is -0.133. The van der Waals surface area contributed by atoms with Crippen LogP contribution in [0.15, 0.2) is 30.5 Å². The lowest BCUT2D eigenvalue weighted by Gasteiger charge is -2.34. The Balaban J connectivity index is 1.23. The molecule has 194 valence electrons. The van der Waals surface area contributed by atoms with Crippen molar-refractivity contribution >= 4 is 34.2 Å². The maximum atomic E-state index is 12.9. The Hall–Kier alpha value is -2.91. The number of nitrogens with zero attached hydrogens (tertiary/aromatic N) is 6. The number of hydrogen-bond acceptors (Lipinski definition) is 6. The minimum Gasteiger partial charge on any atom is -0.354 e. The molecule has 2 aliphatic rings. The van der Waals surface area contributed by atoms with Gasteiger partial charge in [0.15, 0.2) is 5.65 Å². The number of carbonyl (C=O) groups excluding carboxylic acids is 1. The third kappa shape index (κ3) is 4.75. The molecule has 0 unspecified atom stereocenters. The summed E-state index contributed by atoms with van der Waals surface area (Å²) in [6.45, 7) is 10.9. The third-order valence-corrected chi connectivity index (χ3v) is 8.93. The van der Waals surface area contributed by atoms with Gasteiger partial charge in [-0.25, -0.2) is 0 Å². The van der Waals surface area contributed by atoms with E-state index in [0.717, 1.165) is 78.5 Å². The number of pyridine rings is 1. The Morgan fingerprint density at radius 3 is 2.68 bits per heavy atom. The van der Waals surface area contributed by atoms with Crippen LogP contribution < -0.4 is 0 Å². The molecule has 0 aliphatic carbocycles. The Kier molecular flexibility index (Phi) is 6.67. The van der Waals surface area contributed by atoms with E-state index in [9.17, 15) is 4.79 Å². The zero-order valence-corrected chi connectivity index (χ0v) is 22.7. The van der Waals surface area contributed by atoms with Crippen molar-refractivity contribution in [3.8, 4) is 11.3 Å². The van der Waals surface area contributed by atoms with Crippen LogP contribution in [0.2, 0.25) is 0 Å². The van der Waals surface area contributed by atoms with E-state index in [4.69, 9.17) is 0 Å². The number of aromatic nitrogens is 5. The van der Waals surface area contributed by atoms with Crippen LogP contribution in [-0.4, -0.2) is 85.0 Å². The monoisotopic (exact) mass is 517 g/mol. The number of piperidine rings is 1. The number of aryl methyl sites for hydroxylation is 1. The number of carbonyl (C=O) groups is 1. The van der Waals surface area contributed by atoms with Gasteiger partial charge >= 0.3 is 0 Å². The summed E-state index contributed by atoms with van der Waals surface area (Å²) in [6, 6.07) is 9.06. The molecule has 5 heterocycles. The summed E-state index contributed by atoms with van der Waals surface area (Å²) in [6.07, 6.45) is 4.06. The van der Waals surface area contributed by atoms with Gasteiger partial charge in [-0.2, -0.15) is 16.3 Å². The molecular formula is C28H35N7OS. The van der Waals surface area contributed by atoms with Crippen molar-refractivity contribution in [3.05, 3.63) is 47.2 Å². The number of thioether (sulfide) groups is 1. The normalized spacial score (nSPS) is 17.9. The smallest absolute Gasteiger partial charge is 0.236 e. The fourth-order valence-electron chi connectivity index (χ4n) is 5.97. The number of benzene rings is 1. The molecule has 9 heteroatoms. The first-order chi connectivity index (χ1) is 18.0. The second-order valence-electron chi connectivity index (χ2n) is 10.8. The Morgan fingerprint density at radius 2 is 1.92 bits per heavy atom. The van der Waals surface area contributed by atoms with Crippen LogP contribution in [-0.2, 0) is 4.79 Å². The van der Waals surface area contributed by atoms with Crippen molar-refractivity contribution in [3.63, 3.8) is 0 Å². The summed E-state index contributed by atoms with van der Waals surface area (Å²) in [5, 5.41) is 13.4. The number of tetrazole rings is 1. The quantitative estimate of drug-likeness (QED) is 0.421. The summed E-state index contributed by atoms with van der Waals surface area (Å²) in [7, 11) is 0. The van der Waals surface area contributed by atoms with Gasteiger partial charge in [0.2, 0.25) is 5.91 Å². The van der Waals surface area contributed by atoms with Gasteiger partial charge in [0.25, 0.3) is 0 Å². The van der Waals surface area contributed by atoms with Crippen LogP contribution in [0, 0.1) is 6.92 Å². The first kappa shape index (κ1) is 24.4. The number of likely N-dealkylation sites (tertiary alicyclic amines) is 1. The van der Waals surface area contributed by atoms with Gasteiger partial charge in [-0.05, 0) is 76.9 Å². The van der Waals surface area contributed by atoms with Crippen molar-refractivity contribution in [2.24, 2.45) is 0 Å². The first-order valence-electron chi connectivity index (χ1n) is 13.4. The summed E-state index contributed by atoms with van der Waals surface area (Å²) in [4.78, 5) is 21.0. The van der Waals surface area contributed by atoms with Gasteiger partial charge in [0.05, 0.1) is 12.2 Å². The molecule has 0 bridgehead atoms. The molecular weight excluding hydrogens is 482 g/mol. The van der Waals surface area contributed by atoms with Crippen molar-refractivity contribution in [2.75, 3.05) is 44.2 Å². The van der Waals surface area contributed by atoms with Gasteiger partial charge in [-0.1, -0.05) is 19.9 Å². The van der Waals surface area contributed by atoms with Gasteiger partial charge in [0.1, 0.15) is 0 Å². The molecule has 8 nitrogen and oxygen atoms in total. The maximum Gasteiger partial charge on any atom is 0.236 e. The standard InChI is InChI=1S/C28H35N7OS/c1-18(2)26-23-15-21(20-6-8-34(9-7-20)25(36)17-33-10-12-37-13-11-33)4-5-24(23)29-27(26)22-14-19(3)28-30-31-32-35(28)16-22/h4-5,14-16,18,20,29H,6-13,17H2,1-3H3. The molecule has 4 aromatic rings.